The smallest absolute Gasteiger partial charge is 0.100 e. The molecule has 194 valence electrons. The van der Waals surface area contributed by atoms with Crippen molar-refractivity contribution in [1.82, 2.24) is 19.1 Å². The Hall–Kier alpha value is -4.96. The summed E-state index contributed by atoms with van der Waals surface area (Å²) in [6.07, 6.45) is 3.83. The van der Waals surface area contributed by atoms with Crippen LogP contribution in [0.1, 0.15) is 26.3 Å². The van der Waals surface area contributed by atoms with Crippen molar-refractivity contribution in [3.05, 3.63) is 133 Å². The van der Waals surface area contributed by atoms with Crippen molar-refractivity contribution in [3.8, 4) is 33.6 Å². The van der Waals surface area contributed by atoms with Gasteiger partial charge in [-0.05, 0) is 81.8 Å². The minimum absolute atomic E-state index is 0.0881. The number of benzene rings is 5. The molecule has 0 saturated carbocycles. The van der Waals surface area contributed by atoms with Gasteiger partial charge in [-0.15, -0.1) is 0 Å². The molecule has 40 heavy (non-hydrogen) atoms. The highest BCUT2D eigenvalue weighted by Gasteiger charge is 2.24. The van der Waals surface area contributed by atoms with Gasteiger partial charge in [-0.25, -0.2) is 9.97 Å². The number of para-hydroxylation sites is 2. The molecule has 0 fully saturated rings. The normalized spacial score (nSPS) is 11.9. The Kier molecular flexibility index (Phi) is 5.64. The zero-order chi connectivity index (χ0) is 27.3. The first-order valence-corrected chi connectivity index (χ1v) is 13.7. The van der Waals surface area contributed by atoms with Crippen molar-refractivity contribution in [2.75, 3.05) is 0 Å². The van der Waals surface area contributed by atoms with Crippen LogP contribution >= 0.6 is 0 Å². The van der Waals surface area contributed by atoms with Gasteiger partial charge in [0.2, 0.25) is 0 Å². The summed E-state index contributed by atoms with van der Waals surface area (Å²) in [4.78, 5) is 9.36. The van der Waals surface area contributed by atoms with E-state index in [1.165, 1.54) is 27.8 Å². The van der Waals surface area contributed by atoms with Crippen molar-refractivity contribution in [1.29, 1.82) is 0 Å². The summed E-state index contributed by atoms with van der Waals surface area (Å²) in [6, 6.07) is 40.7. The molecule has 0 N–H and O–H groups in total. The van der Waals surface area contributed by atoms with Crippen LogP contribution in [0.2, 0.25) is 0 Å². The molecule has 0 saturated heterocycles. The summed E-state index contributed by atoms with van der Waals surface area (Å²) in [7, 11) is 0. The maximum Gasteiger partial charge on any atom is 0.100 e. The molecule has 0 radical (unpaired) electrons. The Morgan fingerprint density at radius 1 is 0.500 bits per heavy atom. The van der Waals surface area contributed by atoms with Gasteiger partial charge in [-0.1, -0.05) is 87.5 Å². The van der Waals surface area contributed by atoms with Crippen LogP contribution in [0.3, 0.4) is 0 Å². The molecule has 7 aromatic rings. The first-order valence-electron chi connectivity index (χ1n) is 13.7. The van der Waals surface area contributed by atoms with Crippen molar-refractivity contribution in [3.63, 3.8) is 0 Å². The van der Waals surface area contributed by atoms with Crippen LogP contribution in [0.5, 0.6) is 0 Å². The second-order valence-electron chi connectivity index (χ2n) is 11.3. The quantitative estimate of drug-likeness (QED) is 0.233. The molecule has 4 nitrogen and oxygen atoms in total. The SMILES string of the molecule is CC(C)(C)c1c(-c2ccc3ncn(-c4ccccc4)c3c2)cccc1-c1ccc2ncn(-c3ccccc3)c2c1. The fourth-order valence-electron chi connectivity index (χ4n) is 5.78. The van der Waals surface area contributed by atoms with Gasteiger partial charge in [0.05, 0.1) is 22.1 Å². The third-order valence-corrected chi connectivity index (χ3v) is 7.60. The molecule has 0 atom stereocenters. The van der Waals surface area contributed by atoms with Gasteiger partial charge in [0.25, 0.3) is 0 Å². The monoisotopic (exact) mass is 518 g/mol. The third kappa shape index (κ3) is 4.09. The van der Waals surface area contributed by atoms with Gasteiger partial charge in [0.1, 0.15) is 12.7 Å². The maximum atomic E-state index is 4.68. The number of fused-ring (bicyclic) bond motifs is 2. The Morgan fingerprint density at radius 3 is 1.38 bits per heavy atom. The number of imidazole rings is 2. The molecule has 0 bridgehead atoms. The average molecular weight is 519 g/mol. The highest BCUT2D eigenvalue weighted by Crippen LogP contribution is 2.41. The van der Waals surface area contributed by atoms with Crippen LogP contribution in [0, 0.1) is 0 Å². The van der Waals surface area contributed by atoms with Crippen molar-refractivity contribution < 1.29 is 0 Å². The number of hydrogen-bond acceptors (Lipinski definition) is 2. The van der Waals surface area contributed by atoms with E-state index in [1.807, 2.05) is 24.8 Å². The largest absolute Gasteiger partial charge is 0.299 e. The van der Waals surface area contributed by atoms with Crippen LogP contribution in [0.4, 0.5) is 0 Å². The van der Waals surface area contributed by atoms with Crippen molar-refractivity contribution in [2.45, 2.75) is 26.2 Å². The van der Waals surface area contributed by atoms with Gasteiger partial charge in [0, 0.05) is 11.4 Å². The summed E-state index contributed by atoms with van der Waals surface area (Å²) >= 11 is 0. The molecular formula is C36H30N4. The first-order chi connectivity index (χ1) is 19.5. The summed E-state index contributed by atoms with van der Waals surface area (Å²) in [5.41, 5.74) is 12.5. The molecule has 0 unspecified atom stereocenters. The minimum atomic E-state index is -0.0881. The van der Waals surface area contributed by atoms with E-state index in [0.717, 1.165) is 33.4 Å². The fourth-order valence-corrected chi connectivity index (χ4v) is 5.78. The maximum absolute atomic E-state index is 4.68. The molecule has 2 heterocycles. The molecule has 5 aromatic carbocycles. The Labute approximate surface area is 234 Å². The number of hydrogen-bond donors (Lipinski definition) is 0. The third-order valence-electron chi connectivity index (χ3n) is 7.60. The summed E-state index contributed by atoms with van der Waals surface area (Å²) in [5.74, 6) is 0. The van der Waals surface area contributed by atoms with E-state index in [4.69, 9.17) is 0 Å². The lowest BCUT2D eigenvalue weighted by Crippen LogP contribution is -2.14. The molecule has 0 aliphatic rings. The molecule has 4 heteroatoms. The Morgan fingerprint density at radius 2 is 0.950 bits per heavy atom. The number of aromatic nitrogens is 4. The van der Waals surface area contributed by atoms with Crippen LogP contribution in [0.15, 0.2) is 128 Å². The van der Waals surface area contributed by atoms with E-state index in [0.29, 0.717) is 0 Å². The van der Waals surface area contributed by atoms with Crippen LogP contribution in [-0.2, 0) is 5.41 Å². The van der Waals surface area contributed by atoms with Crippen molar-refractivity contribution in [2.24, 2.45) is 0 Å². The van der Waals surface area contributed by atoms with E-state index in [-0.39, 0.29) is 5.41 Å². The predicted molar refractivity (Wildman–Crippen MR) is 165 cm³/mol. The van der Waals surface area contributed by atoms with Gasteiger partial charge in [0.15, 0.2) is 0 Å². The van der Waals surface area contributed by atoms with E-state index in [1.54, 1.807) is 0 Å². The molecule has 0 aliphatic heterocycles. The zero-order valence-electron chi connectivity index (χ0n) is 22.9. The average Bonchev–Trinajstić information content (AvgIpc) is 3.61. The first kappa shape index (κ1) is 24.1. The highest BCUT2D eigenvalue weighted by atomic mass is 15.1. The summed E-state index contributed by atoms with van der Waals surface area (Å²) in [6.45, 7) is 6.90. The fraction of sp³-hybridized carbons (Fsp3) is 0.111. The van der Waals surface area contributed by atoms with Gasteiger partial charge < -0.3 is 0 Å². The lowest BCUT2D eigenvalue weighted by molar-refractivity contribution is 0.593. The summed E-state index contributed by atoms with van der Waals surface area (Å²) < 4.78 is 4.33. The van der Waals surface area contributed by atoms with E-state index < -0.39 is 0 Å². The molecule has 0 spiro atoms. The highest BCUT2D eigenvalue weighted by molar-refractivity contribution is 5.89. The molecular weight excluding hydrogens is 488 g/mol. The van der Waals surface area contributed by atoms with E-state index >= 15 is 0 Å². The standard InChI is InChI=1S/C36H30N4/c1-36(2,3)35-29(25-17-19-31-33(21-25)39(23-37-31)27-11-6-4-7-12-27)15-10-16-30(35)26-18-20-32-34(22-26)40(24-38-32)28-13-8-5-9-14-28/h4-24H,1-3H3. The van der Waals surface area contributed by atoms with Gasteiger partial charge in [-0.2, -0.15) is 0 Å². The zero-order valence-corrected chi connectivity index (χ0v) is 22.9. The lowest BCUT2D eigenvalue weighted by atomic mass is 9.77. The summed E-state index contributed by atoms with van der Waals surface area (Å²) in [5, 5.41) is 0. The van der Waals surface area contributed by atoms with E-state index in [9.17, 15) is 0 Å². The van der Waals surface area contributed by atoms with E-state index in [2.05, 4.69) is 143 Å². The molecule has 2 aromatic heterocycles. The van der Waals surface area contributed by atoms with Crippen LogP contribution < -0.4 is 0 Å². The minimum Gasteiger partial charge on any atom is -0.299 e. The van der Waals surface area contributed by atoms with Crippen LogP contribution in [0.25, 0.3) is 55.7 Å². The molecule has 0 amide bonds. The lowest BCUT2D eigenvalue weighted by Gasteiger charge is -2.27. The van der Waals surface area contributed by atoms with Gasteiger partial charge in [-0.3, -0.25) is 9.13 Å². The van der Waals surface area contributed by atoms with Crippen LogP contribution in [-0.4, -0.2) is 19.1 Å². The second-order valence-corrected chi connectivity index (χ2v) is 11.3. The molecule has 7 rings (SSSR count). The Balaban J connectivity index is 1.41. The second kappa shape index (κ2) is 9.35. The topological polar surface area (TPSA) is 35.6 Å². The Bertz CT molecular complexity index is 1840. The number of nitrogens with zero attached hydrogens (tertiary/aromatic N) is 4. The van der Waals surface area contributed by atoms with Crippen molar-refractivity contribution >= 4 is 22.1 Å². The van der Waals surface area contributed by atoms with Gasteiger partial charge >= 0.3 is 0 Å². The molecule has 0 aliphatic carbocycles. The number of rotatable bonds is 4. The predicted octanol–water partition coefficient (Wildman–Crippen LogP) is 9.00.